The fraction of sp³-hybridized carbons (Fsp3) is 0.100. The molecule has 0 radical (unpaired) electrons. The Hall–Kier alpha value is -0.960. The van der Waals surface area contributed by atoms with Crippen molar-refractivity contribution in [3.05, 3.63) is 39.1 Å². The van der Waals surface area contributed by atoms with Gasteiger partial charge in [0.15, 0.2) is 0 Å². The van der Waals surface area contributed by atoms with Gasteiger partial charge in [-0.15, -0.1) is 11.3 Å². The Morgan fingerprint density at radius 1 is 1.44 bits per heavy atom. The largest absolute Gasteiger partial charge is 0.384 e. The Morgan fingerprint density at radius 3 is 2.78 bits per heavy atom. The highest BCUT2D eigenvalue weighted by Crippen LogP contribution is 2.20. The highest BCUT2D eigenvalue weighted by Gasteiger charge is 2.14. The average Bonchev–Trinajstić information content (AvgIpc) is 2.73. The molecule has 2 heterocycles. The molecule has 0 spiro atoms. The van der Waals surface area contributed by atoms with E-state index in [1.165, 1.54) is 29.7 Å². The van der Waals surface area contributed by atoms with Gasteiger partial charge in [0.1, 0.15) is 10.7 Å². The van der Waals surface area contributed by atoms with E-state index in [1.54, 1.807) is 0 Å². The van der Waals surface area contributed by atoms with Gasteiger partial charge < -0.3 is 5.73 Å². The maximum atomic E-state index is 11.9. The number of sulfonamides is 1. The van der Waals surface area contributed by atoms with Crippen LogP contribution in [-0.4, -0.2) is 13.4 Å². The second-order valence-corrected chi connectivity index (χ2v) is 7.15. The van der Waals surface area contributed by atoms with Crippen molar-refractivity contribution in [3.63, 3.8) is 0 Å². The van der Waals surface area contributed by atoms with Gasteiger partial charge in [0.25, 0.3) is 0 Å². The summed E-state index contributed by atoms with van der Waals surface area (Å²) in [6.45, 7) is 0.253. The van der Waals surface area contributed by atoms with Gasteiger partial charge in [-0.1, -0.05) is 0 Å². The van der Waals surface area contributed by atoms with Crippen LogP contribution in [0.4, 0.5) is 5.82 Å². The summed E-state index contributed by atoms with van der Waals surface area (Å²) < 4.78 is 27.3. The summed E-state index contributed by atoms with van der Waals surface area (Å²) in [6, 6.07) is 4.75. The van der Waals surface area contributed by atoms with E-state index >= 15 is 0 Å². The first-order valence-corrected chi connectivity index (χ1v) is 8.07. The Labute approximate surface area is 117 Å². The number of nitrogens with zero attached hydrogens (tertiary/aromatic N) is 1. The van der Waals surface area contributed by atoms with Crippen molar-refractivity contribution in [2.45, 2.75) is 11.4 Å². The van der Waals surface area contributed by atoms with Crippen molar-refractivity contribution in [1.29, 1.82) is 0 Å². The minimum Gasteiger partial charge on any atom is -0.384 e. The summed E-state index contributed by atoms with van der Waals surface area (Å²) in [6.07, 6.45) is 1.24. The molecule has 0 saturated heterocycles. The predicted octanol–water partition coefficient (Wildman–Crippen LogP) is 1.97. The van der Waals surface area contributed by atoms with Crippen molar-refractivity contribution in [2.75, 3.05) is 5.73 Å². The number of anilines is 1. The highest BCUT2D eigenvalue weighted by atomic mass is 79.9. The van der Waals surface area contributed by atoms with Gasteiger partial charge in [-0.05, 0) is 34.1 Å². The molecule has 0 aliphatic heterocycles. The summed E-state index contributed by atoms with van der Waals surface area (Å²) in [5.74, 6) is 0.288. The van der Waals surface area contributed by atoms with Crippen LogP contribution in [0.2, 0.25) is 0 Å². The second kappa shape index (κ2) is 5.35. The number of nitrogens with one attached hydrogen (secondary N) is 1. The van der Waals surface area contributed by atoms with E-state index in [2.05, 4.69) is 25.6 Å². The SMILES string of the molecule is Nc1ccc(S(=O)(=O)NCc2cc(Br)cs2)cn1. The minimum atomic E-state index is -3.54. The van der Waals surface area contributed by atoms with Crippen LogP contribution in [0.1, 0.15) is 4.88 Å². The molecule has 0 bridgehead atoms. The van der Waals surface area contributed by atoms with Gasteiger partial charge in [-0.25, -0.2) is 18.1 Å². The van der Waals surface area contributed by atoms with Crippen molar-refractivity contribution in [1.82, 2.24) is 9.71 Å². The Kier molecular flexibility index (Phi) is 4.00. The summed E-state index contributed by atoms with van der Waals surface area (Å²) >= 11 is 4.79. The van der Waals surface area contributed by atoms with Crippen LogP contribution >= 0.6 is 27.3 Å². The van der Waals surface area contributed by atoms with Gasteiger partial charge >= 0.3 is 0 Å². The van der Waals surface area contributed by atoms with Crippen molar-refractivity contribution in [3.8, 4) is 0 Å². The van der Waals surface area contributed by atoms with Gasteiger partial charge in [-0.3, -0.25) is 0 Å². The first kappa shape index (κ1) is 13.5. The average molecular weight is 348 g/mol. The number of hydrogen-bond donors (Lipinski definition) is 2. The third-order valence-electron chi connectivity index (χ3n) is 2.13. The Balaban J connectivity index is 2.10. The fourth-order valence-electron chi connectivity index (χ4n) is 1.25. The van der Waals surface area contributed by atoms with Crippen LogP contribution in [0.15, 0.2) is 39.1 Å². The first-order valence-electron chi connectivity index (χ1n) is 4.91. The number of pyridine rings is 1. The quantitative estimate of drug-likeness (QED) is 0.885. The van der Waals surface area contributed by atoms with Crippen molar-refractivity contribution >= 4 is 43.1 Å². The van der Waals surface area contributed by atoms with Gasteiger partial charge in [0.05, 0.1) is 0 Å². The van der Waals surface area contributed by atoms with E-state index in [0.717, 1.165) is 9.35 Å². The zero-order valence-corrected chi connectivity index (χ0v) is 12.3. The van der Waals surface area contributed by atoms with Gasteiger partial charge in [0.2, 0.25) is 10.0 Å². The summed E-state index contributed by atoms with van der Waals surface area (Å²) in [5, 5.41) is 1.90. The number of nitrogens with two attached hydrogens (primary N) is 1. The zero-order chi connectivity index (χ0) is 13.2. The Morgan fingerprint density at radius 2 is 2.22 bits per heavy atom. The molecule has 96 valence electrons. The lowest BCUT2D eigenvalue weighted by atomic mass is 10.5. The lowest BCUT2D eigenvalue weighted by Gasteiger charge is -2.05. The standard InChI is InChI=1S/C10H10BrN3O2S2/c11-7-3-8(17-6-7)4-14-18(15,16)9-1-2-10(12)13-5-9/h1-3,5-6,14H,4H2,(H2,12,13). The molecule has 5 nitrogen and oxygen atoms in total. The third kappa shape index (κ3) is 3.29. The molecule has 2 aromatic heterocycles. The topological polar surface area (TPSA) is 85.1 Å². The van der Waals surface area contributed by atoms with Crippen LogP contribution in [0.25, 0.3) is 0 Å². The third-order valence-corrected chi connectivity index (χ3v) is 5.21. The van der Waals surface area contributed by atoms with Crippen molar-refractivity contribution in [2.24, 2.45) is 0 Å². The van der Waals surface area contributed by atoms with Crippen molar-refractivity contribution < 1.29 is 8.42 Å². The molecule has 0 aliphatic rings. The number of thiophene rings is 1. The molecule has 2 aromatic rings. The molecule has 18 heavy (non-hydrogen) atoms. The van der Waals surface area contributed by atoms with E-state index < -0.39 is 10.0 Å². The summed E-state index contributed by atoms with van der Waals surface area (Å²) in [4.78, 5) is 4.79. The molecule has 0 fully saturated rings. The number of halogens is 1. The molecule has 8 heteroatoms. The van der Waals surface area contributed by atoms with Crippen LogP contribution < -0.4 is 10.5 Å². The lowest BCUT2D eigenvalue weighted by Crippen LogP contribution is -2.22. The molecule has 0 atom stereocenters. The molecule has 3 N–H and O–H groups in total. The molecular weight excluding hydrogens is 338 g/mol. The number of aromatic nitrogens is 1. The summed E-state index contributed by atoms with van der Waals surface area (Å²) in [5.41, 5.74) is 5.41. The number of rotatable bonds is 4. The second-order valence-electron chi connectivity index (χ2n) is 3.47. The number of hydrogen-bond acceptors (Lipinski definition) is 5. The molecule has 0 saturated carbocycles. The normalized spacial score (nSPS) is 11.6. The van der Waals surface area contributed by atoms with Crippen LogP contribution in [0, 0.1) is 0 Å². The van der Waals surface area contributed by atoms with E-state index in [-0.39, 0.29) is 17.3 Å². The predicted molar refractivity (Wildman–Crippen MR) is 74.7 cm³/mol. The van der Waals surface area contributed by atoms with Crippen LogP contribution in [0.5, 0.6) is 0 Å². The summed E-state index contributed by atoms with van der Waals surface area (Å²) in [7, 11) is -3.54. The van der Waals surface area contributed by atoms with Gasteiger partial charge in [0, 0.05) is 27.5 Å². The molecule has 0 amide bonds. The maximum Gasteiger partial charge on any atom is 0.242 e. The molecule has 0 aromatic carbocycles. The fourth-order valence-corrected chi connectivity index (χ4v) is 3.68. The van der Waals surface area contributed by atoms with E-state index in [4.69, 9.17) is 5.73 Å². The number of nitrogen functional groups attached to an aromatic ring is 1. The van der Waals surface area contributed by atoms with E-state index in [1.807, 2.05) is 11.4 Å². The first-order chi connectivity index (χ1) is 8.47. The highest BCUT2D eigenvalue weighted by molar-refractivity contribution is 9.10. The Bertz CT molecular complexity index is 637. The van der Waals surface area contributed by atoms with Crippen LogP contribution in [0.3, 0.4) is 0 Å². The van der Waals surface area contributed by atoms with E-state index in [0.29, 0.717) is 0 Å². The smallest absolute Gasteiger partial charge is 0.242 e. The van der Waals surface area contributed by atoms with Gasteiger partial charge in [-0.2, -0.15) is 0 Å². The molecular formula is C10H10BrN3O2S2. The molecule has 0 aliphatic carbocycles. The lowest BCUT2D eigenvalue weighted by molar-refractivity contribution is 0.581. The van der Waals surface area contributed by atoms with E-state index in [9.17, 15) is 8.42 Å². The van der Waals surface area contributed by atoms with Crippen LogP contribution in [-0.2, 0) is 16.6 Å². The molecule has 2 rings (SSSR count). The monoisotopic (exact) mass is 347 g/mol. The minimum absolute atomic E-state index is 0.104. The zero-order valence-electron chi connectivity index (χ0n) is 9.13. The molecule has 0 unspecified atom stereocenters. The maximum absolute atomic E-state index is 11.9.